The van der Waals surface area contributed by atoms with Crippen molar-refractivity contribution in [3.05, 3.63) is 24.2 Å². The van der Waals surface area contributed by atoms with Gasteiger partial charge in [-0.05, 0) is 30.9 Å². The number of hydrogen-bond donors (Lipinski definition) is 1. The minimum Gasteiger partial charge on any atom is -0.472 e. The van der Waals surface area contributed by atoms with Gasteiger partial charge in [0.1, 0.15) is 0 Å². The normalized spacial score (nSPS) is 35.9. The smallest absolute Gasteiger partial charge is 0.0935 e. The van der Waals surface area contributed by atoms with E-state index in [2.05, 4.69) is 0 Å². The van der Waals surface area contributed by atoms with E-state index < -0.39 is 0 Å². The number of hydrogen-bond acceptors (Lipinski definition) is 3. The van der Waals surface area contributed by atoms with Gasteiger partial charge in [-0.3, -0.25) is 0 Å². The summed E-state index contributed by atoms with van der Waals surface area (Å²) in [4.78, 5) is 0. The lowest BCUT2D eigenvalue weighted by Gasteiger charge is -2.23. The van der Waals surface area contributed by atoms with Gasteiger partial charge < -0.3 is 14.3 Å². The largest absolute Gasteiger partial charge is 0.472 e. The Balaban J connectivity index is 1.63. The number of furan rings is 1. The van der Waals surface area contributed by atoms with Crippen molar-refractivity contribution < 1.29 is 14.3 Å². The number of rotatable bonds is 3. The molecule has 0 amide bonds. The molecule has 1 N–H and O–H groups in total. The first-order chi connectivity index (χ1) is 7.33. The Morgan fingerprint density at radius 1 is 1.47 bits per heavy atom. The molecule has 15 heavy (non-hydrogen) atoms. The lowest BCUT2D eigenvalue weighted by molar-refractivity contribution is 0.0431. The lowest BCUT2D eigenvalue weighted by Crippen LogP contribution is -2.30. The summed E-state index contributed by atoms with van der Waals surface area (Å²) in [5.74, 6) is 0.332. The predicted molar refractivity (Wildman–Crippen MR) is 54.4 cm³/mol. The number of aliphatic hydroxyl groups is 1. The second-order valence-electron chi connectivity index (χ2n) is 4.68. The molecule has 2 fully saturated rings. The summed E-state index contributed by atoms with van der Waals surface area (Å²) in [7, 11) is 0. The third-order valence-corrected chi connectivity index (χ3v) is 3.67. The molecule has 2 aliphatic rings. The van der Waals surface area contributed by atoms with Crippen LogP contribution in [0.2, 0.25) is 0 Å². The summed E-state index contributed by atoms with van der Waals surface area (Å²) < 4.78 is 10.7. The molecule has 1 aromatic heterocycles. The number of fused-ring (bicyclic) bond motifs is 2. The standard InChI is InChI=1S/C12H16O3/c13-11(5-8-3-4-14-7-8)10-6-9-1-2-12(10)15-9/h3-4,7,9-13H,1-2,5-6H2. The highest BCUT2D eigenvalue weighted by molar-refractivity contribution is 5.08. The van der Waals surface area contributed by atoms with Gasteiger partial charge in [0.2, 0.25) is 0 Å². The molecule has 2 saturated heterocycles. The molecule has 1 aromatic rings. The van der Waals surface area contributed by atoms with Crippen molar-refractivity contribution in [3.8, 4) is 0 Å². The summed E-state index contributed by atoms with van der Waals surface area (Å²) in [6, 6.07) is 1.91. The van der Waals surface area contributed by atoms with E-state index in [1.54, 1.807) is 12.5 Å². The zero-order valence-corrected chi connectivity index (χ0v) is 8.63. The molecule has 82 valence electrons. The van der Waals surface area contributed by atoms with Crippen molar-refractivity contribution in [3.63, 3.8) is 0 Å². The molecule has 0 aliphatic carbocycles. The molecule has 3 heterocycles. The highest BCUT2D eigenvalue weighted by atomic mass is 16.5. The highest BCUT2D eigenvalue weighted by Crippen LogP contribution is 2.40. The van der Waals surface area contributed by atoms with Crippen LogP contribution >= 0.6 is 0 Å². The Bertz CT molecular complexity index is 320. The molecular formula is C12H16O3. The zero-order chi connectivity index (χ0) is 10.3. The Hall–Kier alpha value is -0.800. The van der Waals surface area contributed by atoms with Crippen LogP contribution in [-0.2, 0) is 11.2 Å². The fourth-order valence-electron chi connectivity index (χ4n) is 2.88. The average molecular weight is 208 g/mol. The molecule has 3 nitrogen and oxygen atoms in total. The molecule has 4 atom stereocenters. The summed E-state index contributed by atoms with van der Waals surface area (Å²) in [6.45, 7) is 0. The van der Waals surface area contributed by atoms with Gasteiger partial charge in [-0.25, -0.2) is 0 Å². The van der Waals surface area contributed by atoms with E-state index in [9.17, 15) is 5.11 Å². The molecule has 2 aliphatic heterocycles. The Morgan fingerprint density at radius 2 is 2.40 bits per heavy atom. The third kappa shape index (κ3) is 1.70. The molecule has 0 aromatic carbocycles. The van der Waals surface area contributed by atoms with Crippen LogP contribution in [0.15, 0.2) is 23.0 Å². The van der Waals surface area contributed by atoms with Gasteiger partial charge in [0.05, 0.1) is 30.8 Å². The molecule has 0 saturated carbocycles. The molecular weight excluding hydrogens is 192 g/mol. The molecule has 0 spiro atoms. The van der Waals surface area contributed by atoms with Gasteiger partial charge in [-0.1, -0.05) is 0 Å². The van der Waals surface area contributed by atoms with Gasteiger partial charge in [0.15, 0.2) is 0 Å². The first kappa shape index (κ1) is 9.43. The van der Waals surface area contributed by atoms with Crippen molar-refractivity contribution in [2.75, 3.05) is 0 Å². The van der Waals surface area contributed by atoms with E-state index >= 15 is 0 Å². The van der Waals surface area contributed by atoms with E-state index in [4.69, 9.17) is 9.15 Å². The Kier molecular flexibility index (Phi) is 2.29. The maximum absolute atomic E-state index is 10.1. The van der Waals surface area contributed by atoms with Crippen molar-refractivity contribution in [1.82, 2.24) is 0 Å². The van der Waals surface area contributed by atoms with Gasteiger partial charge in [-0.15, -0.1) is 0 Å². The summed E-state index contributed by atoms with van der Waals surface area (Å²) in [6.07, 6.45) is 7.82. The van der Waals surface area contributed by atoms with Crippen LogP contribution in [0.3, 0.4) is 0 Å². The van der Waals surface area contributed by atoms with Crippen molar-refractivity contribution in [1.29, 1.82) is 0 Å². The summed E-state index contributed by atoms with van der Waals surface area (Å²) >= 11 is 0. The summed E-state index contributed by atoms with van der Waals surface area (Å²) in [5, 5.41) is 10.1. The molecule has 2 bridgehead atoms. The fourth-order valence-corrected chi connectivity index (χ4v) is 2.88. The van der Waals surface area contributed by atoms with Crippen LogP contribution in [0.4, 0.5) is 0 Å². The number of aliphatic hydroxyl groups excluding tert-OH is 1. The molecule has 0 radical (unpaired) electrons. The fraction of sp³-hybridized carbons (Fsp3) is 0.667. The van der Waals surface area contributed by atoms with Crippen LogP contribution in [-0.4, -0.2) is 23.4 Å². The second-order valence-corrected chi connectivity index (χ2v) is 4.68. The highest BCUT2D eigenvalue weighted by Gasteiger charge is 2.43. The molecule has 4 unspecified atom stereocenters. The van der Waals surface area contributed by atoms with E-state index in [-0.39, 0.29) is 6.10 Å². The predicted octanol–water partition coefficient (Wildman–Crippen LogP) is 1.75. The van der Waals surface area contributed by atoms with Gasteiger partial charge >= 0.3 is 0 Å². The van der Waals surface area contributed by atoms with E-state index in [1.165, 1.54) is 6.42 Å². The monoisotopic (exact) mass is 208 g/mol. The van der Waals surface area contributed by atoms with Crippen molar-refractivity contribution in [2.24, 2.45) is 5.92 Å². The second kappa shape index (κ2) is 3.65. The van der Waals surface area contributed by atoms with Crippen molar-refractivity contribution >= 4 is 0 Å². The number of ether oxygens (including phenoxy) is 1. The quantitative estimate of drug-likeness (QED) is 0.822. The van der Waals surface area contributed by atoms with Gasteiger partial charge in [0.25, 0.3) is 0 Å². The Labute approximate surface area is 89.0 Å². The van der Waals surface area contributed by atoms with E-state index in [1.807, 2.05) is 6.07 Å². The first-order valence-corrected chi connectivity index (χ1v) is 5.67. The van der Waals surface area contributed by atoms with Crippen LogP contribution in [0.5, 0.6) is 0 Å². The third-order valence-electron chi connectivity index (χ3n) is 3.67. The lowest BCUT2D eigenvalue weighted by atomic mass is 9.83. The van der Waals surface area contributed by atoms with Gasteiger partial charge in [0, 0.05) is 12.3 Å². The Morgan fingerprint density at radius 3 is 3.00 bits per heavy atom. The molecule has 3 rings (SSSR count). The maximum Gasteiger partial charge on any atom is 0.0935 e. The minimum absolute atomic E-state index is 0.280. The van der Waals surface area contributed by atoms with Crippen LogP contribution in [0.25, 0.3) is 0 Å². The molecule has 3 heteroatoms. The van der Waals surface area contributed by atoms with Crippen LogP contribution in [0, 0.1) is 5.92 Å². The summed E-state index contributed by atoms with van der Waals surface area (Å²) in [5.41, 5.74) is 1.07. The van der Waals surface area contributed by atoms with E-state index in [0.29, 0.717) is 24.5 Å². The topological polar surface area (TPSA) is 42.6 Å². The zero-order valence-electron chi connectivity index (χ0n) is 8.63. The average Bonchev–Trinajstić information content (AvgIpc) is 2.93. The first-order valence-electron chi connectivity index (χ1n) is 5.67. The van der Waals surface area contributed by atoms with Crippen molar-refractivity contribution in [2.45, 2.75) is 44.0 Å². The van der Waals surface area contributed by atoms with Crippen LogP contribution in [0.1, 0.15) is 24.8 Å². The van der Waals surface area contributed by atoms with Gasteiger partial charge in [-0.2, -0.15) is 0 Å². The minimum atomic E-state index is -0.280. The maximum atomic E-state index is 10.1. The SMILES string of the molecule is OC(Cc1ccoc1)C1CC2CCC1O2. The van der Waals surface area contributed by atoms with E-state index in [0.717, 1.165) is 18.4 Å². The van der Waals surface area contributed by atoms with Crippen LogP contribution < -0.4 is 0 Å².